The van der Waals surface area contributed by atoms with Crippen molar-refractivity contribution in [2.45, 2.75) is 70.3 Å². The average molecular weight is 329 g/mol. The standard InChI is InChI=1S/C20H31N3O/c1-22(17-11-6-3-2-4-7-12-17)20(24)18-13-10-14-21-19(18)23-15-8-5-9-16-23/h10,13-14,17H,2-9,11-12,15-16H2,1H3. The van der Waals surface area contributed by atoms with E-state index < -0.39 is 0 Å². The molecule has 1 aromatic heterocycles. The van der Waals surface area contributed by atoms with Gasteiger partial charge in [-0.25, -0.2) is 4.98 Å². The molecule has 1 saturated heterocycles. The number of carbonyl (C=O) groups is 1. The van der Waals surface area contributed by atoms with Crippen LogP contribution < -0.4 is 4.90 Å². The Morgan fingerprint density at radius 1 is 1.04 bits per heavy atom. The quantitative estimate of drug-likeness (QED) is 0.831. The van der Waals surface area contributed by atoms with Gasteiger partial charge in [-0.3, -0.25) is 4.79 Å². The predicted octanol–water partition coefficient (Wildman–Crippen LogP) is 4.26. The van der Waals surface area contributed by atoms with Crippen LogP contribution in [0.5, 0.6) is 0 Å². The fourth-order valence-corrected chi connectivity index (χ4v) is 4.10. The molecule has 0 bridgehead atoms. The summed E-state index contributed by atoms with van der Waals surface area (Å²) in [4.78, 5) is 22.0. The second-order valence-corrected chi connectivity index (χ2v) is 7.34. The molecule has 1 aromatic rings. The highest BCUT2D eigenvalue weighted by atomic mass is 16.2. The molecule has 1 saturated carbocycles. The van der Waals surface area contributed by atoms with Crippen LogP contribution >= 0.6 is 0 Å². The average Bonchev–Trinajstić information content (AvgIpc) is 2.61. The minimum absolute atomic E-state index is 0.147. The number of nitrogens with zero attached hydrogens (tertiary/aromatic N) is 3. The molecule has 1 amide bonds. The molecule has 1 aliphatic heterocycles. The third-order valence-electron chi connectivity index (χ3n) is 5.62. The van der Waals surface area contributed by atoms with Crippen LogP contribution in [-0.4, -0.2) is 42.0 Å². The van der Waals surface area contributed by atoms with Gasteiger partial charge in [-0.15, -0.1) is 0 Å². The number of hydrogen-bond acceptors (Lipinski definition) is 3. The Morgan fingerprint density at radius 2 is 1.67 bits per heavy atom. The molecule has 24 heavy (non-hydrogen) atoms. The van der Waals surface area contributed by atoms with E-state index in [0.29, 0.717) is 6.04 Å². The summed E-state index contributed by atoms with van der Waals surface area (Å²) in [5.41, 5.74) is 0.781. The van der Waals surface area contributed by atoms with Crippen molar-refractivity contribution in [3.63, 3.8) is 0 Å². The zero-order valence-corrected chi connectivity index (χ0v) is 15.0. The fourth-order valence-electron chi connectivity index (χ4n) is 4.10. The minimum Gasteiger partial charge on any atom is -0.356 e. The minimum atomic E-state index is 0.147. The molecule has 2 fully saturated rings. The van der Waals surface area contributed by atoms with Crippen molar-refractivity contribution in [2.24, 2.45) is 0 Å². The van der Waals surface area contributed by atoms with Crippen molar-refractivity contribution in [3.8, 4) is 0 Å². The molecular formula is C20H31N3O. The van der Waals surface area contributed by atoms with Crippen molar-refractivity contribution in [1.82, 2.24) is 9.88 Å². The SMILES string of the molecule is CN(C(=O)c1cccnc1N1CCCCC1)C1CCCCCCC1. The third kappa shape index (κ3) is 4.08. The summed E-state index contributed by atoms with van der Waals surface area (Å²) in [5.74, 6) is 1.04. The highest BCUT2D eigenvalue weighted by Gasteiger charge is 2.26. The number of rotatable bonds is 3. The van der Waals surface area contributed by atoms with E-state index in [4.69, 9.17) is 0 Å². The van der Waals surface area contributed by atoms with E-state index in [0.717, 1.165) is 37.3 Å². The van der Waals surface area contributed by atoms with Crippen LogP contribution in [0, 0.1) is 0 Å². The molecule has 132 valence electrons. The topological polar surface area (TPSA) is 36.4 Å². The van der Waals surface area contributed by atoms with Gasteiger partial charge in [0.15, 0.2) is 0 Å². The molecule has 3 rings (SSSR count). The summed E-state index contributed by atoms with van der Waals surface area (Å²) in [7, 11) is 1.99. The lowest BCUT2D eigenvalue weighted by molar-refractivity contribution is 0.0707. The number of aromatic nitrogens is 1. The first-order valence-corrected chi connectivity index (χ1v) is 9.74. The van der Waals surface area contributed by atoms with Gasteiger partial charge in [-0.1, -0.05) is 32.1 Å². The molecule has 4 heteroatoms. The van der Waals surface area contributed by atoms with E-state index in [9.17, 15) is 4.79 Å². The smallest absolute Gasteiger partial charge is 0.257 e. The van der Waals surface area contributed by atoms with Gasteiger partial charge in [0.25, 0.3) is 5.91 Å². The number of hydrogen-bond donors (Lipinski definition) is 0. The van der Waals surface area contributed by atoms with Crippen LogP contribution in [0.25, 0.3) is 0 Å². The Morgan fingerprint density at radius 3 is 2.38 bits per heavy atom. The second-order valence-electron chi connectivity index (χ2n) is 7.34. The van der Waals surface area contributed by atoms with Crippen LogP contribution in [0.3, 0.4) is 0 Å². The number of carbonyl (C=O) groups excluding carboxylic acids is 1. The maximum absolute atomic E-state index is 13.2. The molecule has 0 N–H and O–H groups in total. The number of pyridine rings is 1. The van der Waals surface area contributed by atoms with Crippen LogP contribution in [0.15, 0.2) is 18.3 Å². The van der Waals surface area contributed by atoms with Gasteiger partial charge < -0.3 is 9.80 Å². The molecule has 0 aromatic carbocycles. The van der Waals surface area contributed by atoms with Crippen molar-refractivity contribution < 1.29 is 4.79 Å². The van der Waals surface area contributed by atoms with Crippen LogP contribution in [0.2, 0.25) is 0 Å². The maximum atomic E-state index is 13.2. The highest BCUT2D eigenvalue weighted by Crippen LogP contribution is 2.26. The zero-order chi connectivity index (χ0) is 16.8. The van der Waals surface area contributed by atoms with Crippen molar-refractivity contribution >= 4 is 11.7 Å². The lowest BCUT2D eigenvalue weighted by Gasteiger charge is -2.32. The second kappa shape index (κ2) is 8.50. The van der Waals surface area contributed by atoms with E-state index >= 15 is 0 Å². The predicted molar refractivity (Wildman–Crippen MR) is 98.5 cm³/mol. The van der Waals surface area contributed by atoms with E-state index in [-0.39, 0.29) is 5.91 Å². The largest absolute Gasteiger partial charge is 0.356 e. The molecule has 4 nitrogen and oxygen atoms in total. The Hall–Kier alpha value is -1.58. The monoisotopic (exact) mass is 329 g/mol. The Labute approximate surface area is 146 Å². The molecule has 0 spiro atoms. The lowest BCUT2D eigenvalue weighted by Crippen LogP contribution is -2.39. The fraction of sp³-hybridized carbons (Fsp3) is 0.700. The van der Waals surface area contributed by atoms with Crippen LogP contribution in [-0.2, 0) is 0 Å². The summed E-state index contributed by atoms with van der Waals surface area (Å²) in [6.07, 6.45) is 14.2. The first-order chi connectivity index (χ1) is 11.8. The normalized spacial score (nSPS) is 20.3. The van der Waals surface area contributed by atoms with Crippen molar-refractivity contribution in [1.29, 1.82) is 0 Å². The molecule has 0 atom stereocenters. The molecule has 0 unspecified atom stereocenters. The molecule has 2 aliphatic rings. The van der Waals surface area contributed by atoms with Gasteiger partial charge in [-0.2, -0.15) is 0 Å². The molecular weight excluding hydrogens is 298 g/mol. The summed E-state index contributed by atoms with van der Waals surface area (Å²) in [6.45, 7) is 2.04. The van der Waals surface area contributed by atoms with Crippen LogP contribution in [0.1, 0.15) is 74.6 Å². The summed E-state index contributed by atoms with van der Waals surface area (Å²) < 4.78 is 0. The summed E-state index contributed by atoms with van der Waals surface area (Å²) >= 11 is 0. The van der Waals surface area contributed by atoms with Gasteiger partial charge >= 0.3 is 0 Å². The Bertz CT molecular complexity index is 531. The molecule has 1 aliphatic carbocycles. The Balaban J connectivity index is 1.75. The van der Waals surface area contributed by atoms with Crippen molar-refractivity contribution in [2.75, 3.05) is 25.0 Å². The summed E-state index contributed by atoms with van der Waals surface area (Å²) in [5, 5.41) is 0. The first kappa shape index (κ1) is 17.2. The van der Waals surface area contributed by atoms with E-state index in [1.807, 2.05) is 30.3 Å². The van der Waals surface area contributed by atoms with Gasteiger partial charge in [0.1, 0.15) is 5.82 Å². The van der Waals surface area contributed by atoms with E-state index in [2.05, 4.69) is 9.88 Å². The number of amides is 1. The van der Waals surface area contributed by atoms with Crippen molar-refractivity contribution in [3.05, 3.63) is 23.9 Å². The van der Waals surface area contributed by atoms with E-state index in [1.165, 1.54) is 51.4 Å². The van der Waals surface area contributed by atoms with Gasteiger partial charge in [0.05, 0.1) is 5.56 Å². The van der Waals surface area contributed by atoms with Gasteiger partial charge in [0.2, 0.25) is 0 Å². The first-order valence-electron chi connectivity index (χ1n) is 9.74. The van der Waals surface area contributed by atoms with Gasteiger partial charge in [0, 0.05) is 32.4 Å². The summed E-state index contributed by atoms with van der Waals surface area (Å²) in [6, 6.07) is 4.23. The molecule has 2 heterocycles. The van der Waals surface area contributed by atoms with Crippen LogP contribution in [0.4, 0.5) is 5.82 Å². The van der Waals surface area contributed by atoms with Gasteiger partial charge in [-0.05, 0) is 44.2 Å². The molecule has 0 radical (unpaired) electrons. The zero-order valence-electron chi connectivity index (χ0n) is 15.0. The lowest BCUT2D eigenvalue weighted by atomic mass is 9.95. The maximum Gasteiger partial charge on any atom is 0.257 e. The van der Waals surface area contributed by atoms with E-state index in [1.54, 1.807) is 0 Å². The number of piperidine rings is 1. The highest BCUT2D eigenvalue weighted by molar-refractivity contribution is 5.99. The Kier molecular flexibility index (Phi) is 6.11. The number of anilines is 1. The third-order valence-corrected chi connectivity index (χ3v) is 5.62.